The van der Waals surface area contributed by atoms with Crippen LogP contribution < -0.4 is 15.3 Å². The molecule has 5 aromatic rings. The molecule has 0 N–H and O–H groups in total. The van der Waals surface area contributed by atoms with Crippen LogP contribution in [0.2, 0.25) is 0 Å². The van der Waals surface area contributed by atoms with Crippen LogP contribution >= 0.6 is 7.21 Å². The largest absolute Gasteiger partial charge is 0.438 e. The van der Waals surface area contributed by atoms with Crippen LogP contribution in [-0.2, 0) is 0 Å². The Balaban J connectivity index is 1.55. The quantitative estimate of drug-likeness (QED) is 0.215. The van der Waals surface area contributed by atoms with Crippen molar-refractivity contribution >= 4 is 23.5 Å². The smallest absolute Gasteiger partial charge is 0.240 e. The van der Waals surface area contributed by atoms with Crippen molar-refractivity contribution in [3.05, 3.63) is 163 Å². The van der Waals surface area contributed by atoms with Gasteiger partial charge in [-0.1, -0.05) is 133 Å². The molecule has 6 rings (SSSR count). The summed E-state index contributed by atoms with van der Waals surface area (Å²) in [4.78, 5) is 0. The van der Waals surface area contributed by atoms with E-state index in [4.69, 9.17) is 14.2 Å². The van der Waals surface area contributed by atoms with Gasteiger partial charge < -0.3 is 4.74 Å². The maximum absolute atomic E-state index is 10.4. The number of allylic oxidation sites excluding steroid dienone is 1. The summed E-state index contributed by atoms with van der Waals surface area (Å²) in [5.41, 5.74) is 3.96. The minimum Gasteiger partial charge on any atom is -0.438 e. The number of nitrogens with zero attached hydrogens (tertiary/aromatic N) is 3. The van der Waals surface area contributed by atoms with Gasteiger partial charge in [0.1, 0.15) is 24.6 Å². The zero-order valence-electron chi connectivity index (χ0n) is 21.1. The van der Waals surface area contributed by atoms with E-state index in [1.165, 1.54) is 0 Å². The second kappa shape index (κ2) is 10.8. The molecule has 0 unspecified atom stereocenters. The lowest BCUT2D eigenvalue weighted by Gasteiger charge is -2.27. The van der Waals surface area contributed by atoms with Crippen molar-refractivity contribution in [2.24, 2.45) is 9.51 Å². The third-order valence-corrected chi connectivity index (χ3v) is 9.50. The van der Waals surface area contributed by atoms with Crippen molar-refractivity contribution in [1.29, 1.82) is 5.26 Å². The van der Waals surface area contributed by atoms with Gasteiger partial charge in [-0.25, -0.2) is 4.76 Å². The second-order valence-electron chi connectivity index (χ2n) is 8.97. The summed E-state index contributed by atoms with van der Waals surface area (Å²) in [6.07, 6.45) is 0. The maximum atomic E-state index is 10.4. The Kier molecular flexibility index (Phi) is 6.75. The molecule has 0 fully saturated rings. The van der Waals surface area contributed by atoms with Gasteiger partial charge in [0.05, 0.1) is 5.71 Å². The number of benzene rings is 5. The third kappa shape index (κ3) is 4.84. The van der Waals surface area contributed by atoms with Crippen LogP contribution in [0.4, 0.5) is 0 Å². The van der Waals surface area contributed by atoms with E-state index < -0.39 is 7.21 Å². The Morgan fingerprint density at radius 3 is 1.51 bits per heavy atom. The summed E-state index contributed by atoms with van der Waals surface area (Å²) in [7, 11) is -2.74. The van der Waals surface area contributed by atoms with E-state index in [1.54, 1.807) is 0 Å². The van der Waals surface area contributed by atoms with E-state index in [-0.39, 0.29) is 5.88 Å². The SMILES string of the molecule is N#CC1=C(Oc2ccc(-c3ccccc3)cc2)N=P(c2ccccc2)(c2ccccc2)N=C1c1ccccc1. The first-order chi connectivity index (χ1) is 19.3. The van der Waals surface area contributed by atoms with Crippen LogP contribution in [0.5, 0.6) is 5.75 Å². The lowest BCUT2D eigenvalue weighted by molar-refractivity contribution is 0.420. The summed E-state index contributed by atoms with van der Waals surface area (Å²) in [6, 6.07) is 50.4. The van der Waals surface area contributed by atoms with Crippen molar-refractivity contribution in [1.82, 2.24) is 0 Å². The molecule has 186 valence electrons. The minimum atomic E-state index is -2.74. The van der Waals surface area contributed by atoms with Gasteiger partial charge in [0.15, 0.2) is 0 Å². The first kappa shape index (κ1) is 24.4. The highest BCUT2D eigenvalue weighted by molar-refractivity contribution is 7.80. The van der Waals surface area contributed by atoms with E-state index in [0.29, 0.717) is 17.0 Å². The zero-order chi connectivity index (χ0) is 26.5. The van der Waals surface area contributed by atoms with Crippen LogP contribution in [0, 0.1) is 11.3 Å². The predicted molar refractivity (Wildman–Crippen MR) is 160 cm³/mol. The molecule has 5 aromatic carbocycles. The van der Waals surface area contributed by atoms with Gasteiger partial charge in [-0.05, 0) is 23.3 Å². The third-order valence-electron chi connectivity index (χ3n) is 6.50. The summed E-state index contributed by atoms with van der Waals surface area (Å²) < 4.78 is 17.0. The molecule has 1 aliphatic heterocycles. The van der Waals surface area contributed by atoms with Gasteiger partial charge in [0, 0.05) is 16.2 Å². The normalized spacial score (nSPS) is 14.1. The first-order valence-electron chi connectivity index (χ1n) is 12.6. The van der Waals surface area contributed by atoms with Crippen LogP contribution in [0.25, 0.3) is 11.1 Å². The second-order valence-corrected chi connectivity index (χ2v) is 11.6. The lowest BCUT2D eigenvalue weighted by atomic mass is 10.0. The Labute approximate surface area is 228 Å². The molecule has 0 saturated heterocycles. The van der Waals surface area contributed by atoms with E-state index >= 15 is 0 Å². The monoisotopic (exact) mass is 521 g/mol. The molecule has 5 heteroatoms. The molecular weight excluding hydrogens is 497 g/mol. The summed E-state index contributed by atoms with van der Waals surface area (Å²) in [5.74, 6) is 0.884. The average molecular weight is 522 g/mol. The molecule has 0 aromatic heterocycles. The standard InChI is InChI=1S/C34H24N3OP/c35-25-32-33(28-15-7-2-8-16-28)36-39(30-17-9-3-10-18-30,31-19-11-4-12-20-31)37-34(32)38-29-23-21-27(22-24-29)26-13-5-1-6-14-26/h1-24H. The summed E-state index contributed by atoms with van der Waals surface area (Å²) >= 11 is 0. The van der Waals surface area contributed by atoms with Crippen LogP contribution in [-0.4, -0.2) is 5.71 Å². The molecule has 0 aliphatic carbocycles. The van der Waals surface area contributed by atoms with Gasteiger partial charge >= 0.3 is 0 Å². The molecular formula is C34H24N3OP. The van der Waals surface area contributed by atoms with Gasteiger partial charge in [0.25, 0.3) is 0 Å². The molecule has 0 spiro atoms. The van der Waals surface area contributed by atoms with Crippen molar-refractivity contribution < 1.29 is 4.74 Å². The van der Waals surface area contributed by atoms with Crippen LogP contribution in [0.3, 0.4) is 0 Å². The predicted octanol–water partition coefficient (Wildman–Crippen LogP) is 7.74. The number of rotatable bonds is 6. The van der Waals surface area contributed by atoms with Gasteiger partial charge in [-0.2, -0.15) is 10.0 Å². The maximum Gasteiger partial charge on any atom is 0.240 e. The number of hydrogen-bond acceptors (Lipinski definition) is 4. The molecule has 1 aliphatic rings. The Bertz CT molecular complexity index is 1710. The Morgan fingerprint density at radius 1 is 0.538 bits per heavy atom. The fourth-order valence-corrected chi connectivity index (χ4v) is 7.47. The number of ether oxygens (including phenoxy) is 1. The summed E-state index contributed by atoms with van der Waals surface area (Å²) in [5, 5.41) is 12.3. The van der Waals surface area contributed by atoms with Gasteiger partial charge in [0.2, 0.25) is 5.88 Å². The summed E-state index contributed by atoms with van der Waals surface area (Å²) in [6.45, 7) is 0. The Morgan fingerprint density at radius 2 is 1.00 bits per heavy atom. The van der Waals surface area contributed by atoms with E-state index in [9.17, 15) is 5.26 Å². The molecule has 0 bridgehead atoms. The molecule has 0 saturated carbocycles. The van der Waals surface area contributed by atoms with Gasteiger partial charge in [-0.3, -0.25) is 0 Å². The highest BCUT2D eigenvalue weighted by Gasteiger charge is 2.33. The fourth-order valence-electron chi connectivity index (χ4n) is 4.58. The van der Waals surface area contributed by atoms with E-state index in [1.807, 2.05) is 109 Å². The van der Waals surface area contributed by atoms with Gasteiger partial charge in [-0.15, -0.1) is 0 Å². The Hall–Kier alpha value is -4.97. The lowest BCUT2D eigenvalue weighted by Crippen LogP contribution is -2.21. The molecule has 0 amide bonds. The van der Waals surface area contributed by atoms with E-state index in [2.05, 4.69) is 42.5 Å². The van der Waals surface area contributed by atoms with Crippen LogP contribution in [0.1, 0.15) is 5.56 Å². The van der Waals surface area contributed by atoms with Crippen molar-refractivity contribution in [3.63, 3.8) is 0 Å². The molecule has 0 atom stereocenters. The first-order valence-corrected chi connectivity index (χ1v) is 14.3. The van der Waals surface area contributed by atoms with Crippen LogP contribution in [0.15, 0.2) is 167 Å². The molecule has 4 nitrogen and oxygen atoms in total. The fraction of sp³-hybridized carbons (Fsp3) is 0. The average Bonchev–Trinajstić information content (AvgIpc) is 3.03. The zero-order valence-corrected chi connectivity index (χ0v) is 21.9. The molecule has 0 radical (unpaired) electrons. The van der Waals surface area contributed by atoms with E-state index in [0.717, 1.165) is 27.3 Å². The minimum absolute atomic E-state index is 0.278. The topological polar surface area (TPSA) is 57.7 Å². The highest BCUT2D eigenvalue weighted by atomic mass is 31.2. The molecule has 39 heavy (non-hydrogen) atoms. The number of hydrogen-bond donors (Lipinski definition) is 0. The highest BCUT2D eigenvalue weighted by Crippen LogP contribution is 2.53. The molecule has 1 heterocycles. The van der Waals surface area contributed by atoms with Crippen molar-refractivity contribution in [2.45, 2.75) is 0 Å². The van der Waals surface area contributed by atoms with Crippen molar-refractivity contribution in [2.75, 3.05) is 0 Å². The van der Waals surface area contributed by atoms with Crippen molar-refractivity contribution in [3.8, 4) is 22.9 Å². The number of nitriles is 1.